The number of hydrogen-bond donors (Lipinski definition) is 0. The molecule has 1 aliphatic carbocycles. The van der Waals surface area contributed by atoms with E-state index in [-0.39, 0.29) is 55.8 Å². The molecule has 0 unspecified atom stereocenters. The van der Waals surface area contributed by atoms with E-state index in [1.807, 2.05) is 65.2 Å². The third-order valence-electron chi connectivity index (χ3n) is 13.3. The quantitative estimate of drug-likeness (QED) is 0.0863. The molecular formula is C62H40F8N4OPt-2. The number of halogens is 8. The van der Waals surface area contributed by atoms with Crippen molar-refractivity contribution >= 4 is 32.8 Å². The van der Waals surface area contributed by atoms with Crippen LogP contribution in [-0.4, -0.2) is 26.0 Å². The molecule has 14 heteroatoms. The summed E-state index contributed by atoms with van der Waals surface area (Å²) < 4.78 is 223. The van der Waals surface area contributed by atoms with Crippen LogP contribution in [0.5, 0.6) is 11.5 Å². The molecule has 8 aromatic carbocycles. The summed E-state index contributed by atoms with van der Waals surface area (Å²) in [4.78, 5) is 4.76. The van der Waals surface area contributed by atoms with Crippen LogP contribution in [0.2, 0.25) is 0 Å². The van der Waals surface area contributed by atoms with Crippen LogP contribution in [0.4, 0.5) is 35.1 Å². The smallest absolute Gasteiger partial charge is 0.382 e. The molecular weight excluding hydrogens is 1160 g/mol. The van der Waals surface area contributed by atoms with E-state index in [1.54, 1.807) is 18.3 Å². The zero-order valence-corrected chi connectivity index (χ0v) is 41.9. The number of rotatable bonds is 8. The number of alkyl halides is 8. The number of aromatic nitrogens is 4. The fourth-order valence-electron chi connectivity index (χ4n) is 9.49. The van der Waals surface area contributed by atoms with Gasteiger partial charge in [-0.2, -0.15) is 53.3 Å². The van der Waals surface area contributed by atoms with Crippen LogP contribution in [0.3, 0.4) is 0 Å². The van der Waals surface area contributed by atoms with Crippen molar-refractivity contribution in [2.75, 3.05) is 0 Å². The Balaban J connectivity index is 0.00000768. The van der Waals surface area contributed by atoms with Gasteiger partial charge in [-0.3, -0.25) is 4.57 Å². The van der Waals surface area contributed by atoms with E-state index in [0.29, 0.717) is 11.3 Å². The molecule has 0 radical (unpaired) electrons. The molecule has 0 atom stereocenters. The number of ether oxygens (including phenoxy) is 1. The zero-order chi connectivity index (χ0) is 60.9. The van der Waals surface area contributed by atoms with Crippen molar-refractivity contribution in [2.24, 2.45) is 0 Å². The van der Waals surface area contributed by atoms with Gasteiger partial charge in [0.05, 0.1) is 30.4 Å². The Morgan fingerprint density at radius 3 is 1.84 bits per heavy atom. The molecule has 0 fully saturated rings. The molecule has 0 bridgehead atoms. The van der Waals surface area contributed by atoms with Gasteiger partial charge in [0.2, 0.25) is 0 Å². The van der Waals surface area contributed by atoms with Gasteiger partial charge in [-0.25, -0.2) is 4.98 Å². The Labute approximate surface area is 459 Å². The molecule has 0 amide bonds. The number of pyridine rings is 1. The van der Waals surface area contributed by atoms with E-state index < -0.39 is 134 Å². The van der Waals surface area contributed by atoms with Gasteiger partial charge >= 0.3 is 23.7 Å². The molecule has 11 aromatic rings. The molecule has 0 saturated carbocycles. The predicted octanol–water partition coefficient (Wildman–Crippen LogP) is 16.4. The fraction of sp³-hybridized carbons (Fsp3) is 0.129. The van der Waals surface area contributed by atoms with Crippen molar-refractivity contribution in [3.8, 4) is 62.1 Å². The largest absolute Gasteiger partial charge is 0.510 e. The van der Waals surface area contributed by atoms with Gasteiger partial charge in [-0.1, -0.05) is 147 Å². The summed E-state index contributed by atoms with van der Waals surface area (Å²) in [6, 6.07) is 28.4. The van der Waals surface area contributed by atoms with Crippen LogP contribution < -0.4 is 9.30 Å². The van der Waals surface area contributed by atoms with Crippen LogP contribution in [-0.2, 0) is 38.3 Å². The Morgan fingerprint density at radius 1 is 0.579 bits per heavy atom. The van der Waals surface area contributed by atoms with Crippen LogP contribution in [0.1, 0.15) is 51.2 Å². The van der Waals surface area contributed by atoms with Gasteiger partial charge in [-0.15, -0.1) is 29.7 Å². The third-order valence-corrected chi connectivity index (χ3v) is 13.3. The van der Waals surface area contributed by atoms with Gasteiger partial charge in [0.1, 0.15) is 5.82 Å². The van der Waals surface area contributed by atoms with Gasteiger partial charge in [0, 0.05) is 55.4 Å². The molecule has 382 valence electrons. The molecule has 3 aromatic heterocycles. The minimum absolute atomic E-state index is 0. The SMILES string of the molecule is [2H]c1c([2H])c([2H])c(-c2cccc(-c3c([2H])c([2H])c([2H])c([2H])c3[2H])c2-[n+]2[c-]n(-c3[c-]c(Oc4[c-]c5c(cc4)c4cc(-c6ccccc6)ccc4n5-c4cc(C(C)(C)C)ccn4)ccc3)c3cc4c(cc32)C(F)(F)C(F)(F)C(F)(F)C4(F)F)c([2H])c1[2H].[Pt]. The van der Waals surface area contributed by atoms with Gasteiger partial charge in [0.15, 0.2) is 0 Å². The first-order chi connectivity index (χ1) is 40.0. The molecule has 5 nitrogen and oxygen atoms in total. The zero-order valence-electron chi connectivity index (χ0n) is 49.7. The molecule has 1 aliphatic rings. The second-order valence-corrected chi connectivity index (χ2v) is 18.8. The minimum atomic E-state index is -6.71. The summed E-state index contributed by atoms with van der Waals surface area (Å²) in [7, 11) is 0. The third kappa shape index (κ3) is 7.84. The summed E-state index contributed by atoms with van der Waals surface area (Å²) >= 11 is 0. The second-order valence-electron chi connectivity index (χ2n) is 18.8. The molecule has 0 saturated heterocycles. The summed E-state index contributed by atoms with van der Waals surface area (Å²) in [6.45, 7) is 6.19. The first-order valence-corrected chi connectivity index (χ1v) is 23.1. The van der Waals surface area contributed by atoms with E-state index >= 15 is 35.1 Å². The number of nitrogens with zero attached hydrogens (tertiary/aromatic N) is 4. The molecule has 0 spiro atoms. The van der Waals surface area contributed by atoms with Crippen molar-refractivity contribution in [1.82, 2.24) is 14.1 Å². The van der Waals surface area contributed by atoms with Crippen molar-refractivity contribution < 1.29 is 79.2 Å². The summed E-state index contributed by atoms with van der Waals surface area (Å²) in [5, 5.41) is 1.59. The first kappa shape index (κ1) is 39.5. The van der Waals surface area contributed by atoms with Crippen molar-refractivity contribution in [3.63, 3.8) is 0 Å². The van der Waals surface area contributed by atoms with Gasteiger partial charge in [-0.05, 0) is 85.8 Å². The Morgan fingerprint density at radius 2 is 1.20 bits per heavy atom. The van der Waals surface area contributed by atoms with Gasteiger partial charge < -0.3 is 13.9 Å². The number of imidazole rings is 1. The molecule has 76 heavy (non-hydrogen) atoms. The first-order valence-electron chi connectivity index (χ1n) is 28.1. The summed E-state index contributed by atoms with van der Waals surface area (Å²) in [5.41, 5.74) is -5.11. The topological polar surface area (TPSA) is 35.9 Å². The Bertz CT molecular complexity index is 4520. The Kier molecular flexibility index (Phi) is 9.44. The maximum Gasteiger partial charge on any atom is 0.382 e. The number of benzene rings is 8. The van der Waals surface area contributed by atoms with E-state index in [9.17, 15) is 0 Å². The van der Waals surface area contributed by atoms with Crippen LogP contribution in [0.25, 0.3) is 83.4 Å². The molecule has 12 rings (SSSR count). The van der Waals surface area contributed by atoms with Crippen molar-refractivity contribution in [3.05, 3.63) is 223 Å². The molecule has 0 N–H and O–H groups in total. The molecule has 3 heterocycles. The van der Waals surface area contributed by atoms with E-state index in [0.717, 1.165) is 54.2 Å². The monoisotopic (exact) mass is 1210 g/mol. The molecule has 0 aliphatic heterocycles. The fourth-order valence-corrected chi connectivity index (χ4v) is 9.49. The number of para-hydroxylation sites is 1. The van der Waals surface area contributed by atoms with Crippen molar-refractivity contribution in [2.45, 2.75) is 49.9 Å². The average Bonchev–Trinajstić information content (AvgIpc) is 1.06. The van der Waals surface area contributed by atoms with Gasteiger partial charge in [0.25, 0.3) is 6.33 Å². The maximum absolute atomic E-state index is 16.2. The minimum Gasteiger partial charge on any atom is -0.510 e. The van der Waals surface area contributed by atoms with Crippen molar-refractivity contribution in [1.29, 1.82) is 0 Å². The van der Waals surface area contributed by atoms with E-state index in [1.165, 1.54) is 24.3 Å². The standard InChI is InChI=1S/C62H40F8N4O.Pt/c1-58(2,3)42-29-30-71-56(32-42)74-52-28-25-41(38-15-7-4-8-16-38)31-49(52)48-27-26-45(34-53(48)74)75-44-22-13-21-43(33-44)72-37-73(55-36-51-50(35-54(55)72)59(63,64)61(67,68)62(69,70)60(51,65)66)57-46(39-17-9-5-10-18-39)23-14-24-47(57)40-19-11-6-12-20-40;/h4-32,35-36H,1-3H3;/q-2;/i5D,6D,9D,10D,11D,12D,17D,18D,19D,20D;. The Hall–Kier alpha value is -7.89. The number of fused-ring (bicyclic) bond motifs is 5. The predicted molar refractivity (Wildman–Crippen MR) is 273 cm³/mol. The number of hydrogen-bond acceptors (Lipinski definition) is 2. The van der Waals surface area contributed by atoms with Crippen LogP contribution >= 0.6 is 0 Å². The van der Waals surface area contributed by atoms with Crippen LogP contribution in [0.15, 0.2) is 188 Å². The van der Waals surface area contributed by atoms with E-state index in [4.69, 9.17) is 23.4 Å². The van der Waals surface area contributed by atoms with Crippen LogP contribution in [0, 0.1) is 18.5 Å². The summed E-state index contributed by atoms with van der Waals surface area (Å²) in [5.74, 6) is -24.9. The average molecular weight is 1210 g/mol. The van der Waals surface area contributed by atoms with E-state index in [2.05, 4.69) is 39.2 Å². The second kappa shape index (κ2) is 18.2. The maximum atomic E-state index is 16.2. The summed E-state index contributed by atoms with van der Waals surface area (Å²) in [6.07, 6.45) is 4.47. The normalized spacial score (nSPS) is 17.2.